The van der Waals surface area contributed by atoms with Gasteiger partial charge in [0.1, 0.15) is 5.75 Å². The zero-order valence-corrected chi connectivity index (χ0v) is 15.5. The molecule has 3 aromatic rings. The number of nitrogens with one attached hydrogen (secondary N) is 2. The summed E-state index contributed by atoms with van der Waals surface area (Å²) in [7, 11) is 1.55. The van der Waals surface area contributed by atoms with Gasteiger partial charge in [-0.3, -0.25) is 9.59 Å². The van der Waals surface area contributed by atoms with Gasteiger partial charge in [0, 0.05) is 23.6 Å². The van der Waals surface area contributed by atoms with E-state index < -0.39 is 0 Å². The first-order chi connectivity index (χ1) is 13.1. The highest BCUT2D eigenvalue weighted by atomic mass is 16.5. The van der Waals surface area contributed by atoms with Crippen LogP contribution in [0.15, 0.2) is 54.7 Å². The number of fused-ring (bicyclic) bond motifs is 1. The zero-order chi connectivity index (χ0) is 19.2. The third kappa shape index (κ3) is 4.28. The van der Waals surface area contributed by atoms with Gasteiger partial charge in [-0.25, -0.2) is 0 Å². The van der Waals surface area contributed by atoms with Gasteiger partial charge in [-0.1, -0.05) is 30.3 Å². The van der Waals surface area contributed by atoms with E-state index in [0.29, 0.717) is 18.0 Å². The Labute approximate surface area is 158 Å². The van der Waals surface area contributed by atoms with E-state index in [-0.39, 0.29) is 24.8 Å². The monoisotopic (exact) mass is 365 g/mol. The Kier molecular flexibility index (Phi) is 5.76. The van der Waals surface area contributed by atoms with Gasteiger partial charge in [0.25, 0.3) is 0 Å². The van der Waals surface area contributed by atoms with Crippen molar-refractivity contribution in [2.75, 3.05) is 25.5 Å². The SMILES string of the molecule is CCN(CC(=O)Nc1ccccc1OC)C(=O)Cc1c[nH]c2ccccc12. The molecule has 6 heteroatoms. The Morgan fingerprint density at radius 1 is 1.11 bits per heavy atom. The number of carbonyl (C=O) groups excluding carboxylic acids is 2. The minimum Gasteiger partial charge on any atom is -0.495 e. The van der Waals surface area contributed by atoms with E-state index in [0.717, 1.165) is 16.5 Å². The van der Waals surface area contributed by atoms with Gasteiger partial charge in [-0.15, -0.1) is 0 Å². The predicted octanol–water partition coefficient (Wildman–Crippen LogP) is 3.21. The van der Waals surface area contributed by atoms with Crippen LogP contribution in [0.4, 0.5) is 5.69 Å². The summed E-state index contributed by atoms with van der Waals surface area (Å²) >= 11 is 0. The summed E-state index contributed by atoms with van der Waals surface area (Å²) in [6, 6.07) is 15.0. The molecule has 0 unspecified atom stereocenters. The van der Waals surface area contributed by atoms with Crippen LogP contribution in [0.25, 0.3) is 10.9 Å². The molecule has 27 heavy (non-hydrogen) atoms. The number of H-pyrrole nitrogens is 1. The second-order valence-electron chi connectivity index (χ2n) is 6.19. The molecule has 0 spiro atoms. The van der Waals surface area contributed by atoms with Crippen LogP contribution in [0.1, 0.15) is 12.5 Å². The average molecular weight is 365 g/mol. The van der Waals surface area contributed by atoms with Crippen LogP contribution < -0.4 is 10.1 Å². The first-order valence-electron chi connectivity index (χ1n) is 8.88. The Morgan fingerprint density at radius 2 is 1.85 bits per heavy atom. The minimum atomic E-state index is -0.256. The lowest BCUT2D eigenvalue weighted by atomic mass is 10.1. The highest BCUT2D eigenvalue weighted by molar-refractivity contribution is 5.96. The normalized spacial score (nSPS) is 10.6. The third-order valence-electron chi connectivity index (χ3n) is 4.47. The Balaban J connectivity index is 1.65. The molecule has 0 aliphatic heterocycles. The van der Waals surface area contributed by atoms with Gasteiger partial charge in [-0.05, 0) is 30.7 Å². The molecule has 0 fully saturated rings. The summed E-state index contributed by atoms with van der Waals surface area (Å²) in [5.41, 5.74) is 2.52. The fraction of sp³-hybridized carbons (Fsp3) is 0.238. The molecule has 1 aromatic heterocycles. The number of benzene rings is 2. The van der Waals surface area contributed by atoms with Crippen LogP contribution in [0.2, 0.25) is 0 Å². The molecule has 6 nitrogen and oxygen atoms in total. The van der Waals surface area contributed by atoms with Crippen LogP contribution >= 0.6 is 0 Å². The average Bonchev–Trinajstić information content (AvgIpc) is 3.09. The number of aromatic nitrogens is 1. The third-order valence-corrected chi connectivity index (χ3v) is 4.47. The summed E-state index contributed by atoms with van der Waals surface area (Å²) in [6.45, 7) is 2.32. The summed E-state index contributed by atoms with van der Waals surface area (Å²) < 4.78 is 5.24. The van der Waals surface area contributed by atoms with Crippen LogP contribution in [0.3, 0.4) is 0 Å². The standard InChI is InChI=1S/C21H23N3O3/c1-3-24(14-20(25)23-18-10-6-7-11-19(18)27-2)21(26)12-15-13-22-17-9-5-4-8-16(15)17/h4-11,13,22H,3,12,14H2,1-2H3,(H,23,25). The fourth-order valence-corrected chi connectivity index (χ4v) is 3.04. The molecule has 2 N–H and O–H groups in total. The number of aromatic amines is 1. The van der Waals surface area contributed by atoms with E-state index in [2.05, 4.69) is 10.3 Å². The van der Waals surface area contributed by atoms with Gasteiger partial charge in [0.2, 0.25) is 11.8 Å². The molecule has 0 saturated heterocycles. The topological polar surface area (TPSA) is 74.4 Å². The minimum absolute atomic E-state index is 0.00423. The van der Waals surface area contributed by atoms with Crippen LogP contribution in [-0.4, -0.2) is 41.9 Å². The molecule has 0 atom stereocenters. The molecule has 2 amide bonds. The van der Waals surface area contributed by atoms with Crippen LogP contribution in [-0.2, 0) is 16.0 Å². The maximum absolute atomic E-state index is 12.7. The van der Waals surface area contributed by atoms with Gasteiger partial charge >= 0.3 is 0 Å². The lowest BCUT2D eigenvalue weighted by Gasteiger charge is -2.20. The summed E-state index contributed by atoms with van der Waals surface area (Å²) in [4.78, 5) is 29.8. The maximum Gasteiger partial charge on any atom is 0.244 e. The van der Waals surface area contributed by atoms with Gasteiger partial charge in [0.05, 0.1) is 25.8 Å². The second kappa shape index (κ2) is 8.40. The van der Waals surface area contributed by atoms with Crippen molar-refractivity contribution < 1.29 is 14.3 Å². The molecule has 0 radical (unpaired) electrons. The lowest BCUT2D eigenvalue weighted by Crippen LogP contribution is -2.38. The lowest BCUT2D eigenvalue weighted by molar-refractivity contribution is -0.133. The quantitative estimate of drug-likeness (QED) is 0.675. The number of nitrogens with zero attached hydrogens (tertiary/aromatic N) is 1. The number of anilines is 1. The van der Waals surface area contributed by atoms with Crippen molar-refractivity contribution in [2.24, 2.45) is 0 Å². The number of hydrogen-bond acceptors (Lipinski definition) is 3. The van der Waals surface area contributed by atoms with E-state index in [1.807, 2.05) is 49.5 Å². The number of amides is 2. The summed E-state index contributed by atoms with van der Waals surface area (Å²) in [6.07, 6.45) is 2.10. The first kappa shape index (κ1) is 18.5. The highest BCUT2D eigenvalue weighted by Crippen LogP contribution is 2.23. The Morgan fingerprint density at radius 3 is 2.63 bits per heavy atom. The second-order valence-corrected chi connectivity index (χ2v) is 6.19. The van der Waals surface area contributed by atoms with Gasteiger partial charge in [0.15, 0.2) is 0 Å². The van der Waals surface area contributed by atoms with Crippen molar-refractivity contribution in [3.05, 3.63) is 60.3 Å². The van der Waals surface area contributed by atoms with Crippen molar-refractivity contribution in [1.82, 2.24) is 9.88 Å². The zero-order valence-electron chi connectivity index (χ0n) is 15.5. The van der Waals surface area contributed by atoms with Crippen molar-refractivity contribution in [1.29, 1.82) is 0 Å². The molecule has 2 aromatic carbocycles. The fourth-order valence-electron chi connectivity index (χ4n) is 3.04. The Bertz CT molecular complexity index is 949. The van der Waals surface area contributed by atoms with Crippen LogP contribution in [0.5, 0.6) is 5.75 Å². The molecular weight excluding hydrogens is 342 g/mol. The summed E-state index contributed by atoms with van der Waals surface area (Å²) in [5.74, 6) is 0.241. The van der Waals surface area contributed by atoms with Crippen LogP contribution in [0, 0.1) is 0 Å². The van der Waals surface area contributed by atoms with E-state index in [1.165, 1.54) is 0 Å². The first-order valence-corrected chi connectivity index (χ1v) is 8.88. The predicted molar refractivity (Wildman–Crippen MR) is 106 cm³/mol. The highest BCUT2D eigenvalue weighted by Gasteiger charge is 2.18. The van der Waals surface area contributed by atoms with Gasteiger partial charge in [-0.2, -0.15) is 0 Å². The molecule has 1 heterocycles. The number of carbonyl (C=O) groups is 2. The number of hydrogen-bond donors (Lipinski definition) is 2. The molecule has 0 aliphatic carbocycles. The van der Waals surface area contributed by atoms with E-state index in [9.17, 15) is 9.59 Å². The number of para-hydroxylation sites is 3. The van der Waals surface area contributed by atoms with Crippen molar-refractivity contribution in [2.45, 2.75) is 13.3 Å². The van der Waals surface area contributed by atoms with E-state index in [1.54, 1.807) is 24.1 Å². The smallest absolute Gasteiger partial charge is 0.244 e. The molecule has 3 rings (SSSR count). The van der Waals surface area contributed by atoms with E-state index in [4.69, 9.17) is 4.74 Å². The van der Waals surface area contributed by atoms with Crippen molar-refractivity contribution in [3.8, 4) is 5.75 Å². The molecule has 0 aliphatic rings. The number of rotatable bonds is 7. The largest absolute Gasteiger partial charge is 0.495 e. The maximum atomic E-state index is 12.7. The molecule has 0 bridgehead atoms. The molecule has 140 valence electrons. The summed E-state index contributed by atoms with van der Waals surface area (Å²) in [5, 5.41) is 3.83. The molecular formula is C21H23N3O3. The number of ether oxygens (including phenoxy) is 1. The number of methoxy groups -OCH3 is 1. The van der Waals surface area contributed by atoms with Crippen molar-refractivity contribution in [3.63, 3.8) is 0 Å². The van der Waals surface area contributed by atoms with Crippen molar-refractivity contribution >= 4 is 28.4 Å². The number of likely N-dealkylation sites (N-methyl/N-ethyl adjacent to an activating group) is 1. The van der Waals surface area contributed by atoms with E-state index >= 15 is 0 Å². The molecule has 0 saturated carbocycles. The Hall–Kier alpha value is -3.28. The van der Waals surface area contributed by atoms with Gasteiger partial charge < -0.3 is 19.9 Å².